The minimum atomic E-state index is -4.31. The standard InChI is InChI=1S/C15H14F5NO/c1-2-9-3-4-11(16)12(13(9)17)14(22)21-7-5-10(6-8-21)15(18,19)20/h2-4,10H,1,5-8H2. The summed E-state index contributed by atoms with van der Waals surface area (Å²) in [4.78, 5) is 13.2. The Balaban J connectivity index is 2.19. The van der Waals surface area contributed by atoms with E-state index < -0.39 is 35.2 Å². The number of hydrogen-bond donors (Lipinski definition) is 0. The zero-order valence-corrected chi connectivity index (χ0v) is 11.6. The lowest BCUT2D eigenvalue weighted by molar-refractivity contribution is -0.183. The fourth-order valence-corrected chi connectivity index (χ4v) is 2.49. The molecule has 1 aromatic rings. The molecule has 0 atom stereocenters. The summed E-state index contributed by atoms with van der Waals surface area (Å²) >= 11 is 0. The van der Waals surface area contributed by atoms with Crippen molar-refractivity contribution in [3.05, 3.63) is 41.5 Å². The first-order chi connectivity index (χ1) is 10.3. The van der Waals surface area contributed by atoms with Crippen LogP contribution in [0.3, 0.4) is 0 Å². The van der Waals surface area contributed by atoms with E-state index in [0.717, 1.165) is 23.1 Å². The zero-order chi connectivity index (χ0) is 16.5. The molecule has 22 heavy (non-hydrogen) atoms. The first-order valence-corrected chi connectivity index (χ1v) is 6.72. The van der Waals surface area contributed by atoms with Crippen LogP contribution in [0.5, 0.6) is 0 Å². The molecule has 0 aliphatic carbocycles. The number of benzene rings is 1. The molecule has 1 aliphatic heterocycles. The van der Waals surface area contributed by atoms with Gasteiger partial charge in [0.15, 0.2) is 0 Å². The van der Waals surface area contributed by atoms with Crippen LogP contribution in [0.15, 0.2) is 18.7 Å². The minimum Gasteiger partial charge on any atom is -0.338 e. The predicted molar refractivity (Wildman–Crippen MR) is 71.1 cm³/mol. The third-order valence-electron chi connectivity index (χ3n) is 3.80. The molecule has 1 fully saturated rings. The second-order valence-corrected chi connectivity index (χ2v) is 5.14. The Bertz CT molecular complexity index is 588. The molecule has 0 N–H and O–H groups in total. The Morgan fingerprint density at radius 2 is 1.82 bits per heavy atom. The second-order valence-electron chi connectivity index (χ2n) is 5.14. The van der Waals surface area contributed by atoms with E-state index >= 15 is 0 Å². The van der Waals surface area contributed by atoms with Crippen molar-refractivity contribution in [3.8, 4) is 0 Å². The molecule has 0 radical (unpaired) electrons. The van der Waals surface area contributed by atoms with Crippen molar-refractivity contribution in [3.63, 3.8) is 0 Å². The highest BCUT2D eigenvalue weighted by Gasteiger charge is 2.42. The lowest BCUT2D eigenvalue weighted by Crippen LogP contribution is -2.42. The van der Waals surface area contributed by atoms with E-state index in [1.54, 1.807) is 0 Å². The van der Waals surface area contributed by atoms with Crippen molar-refractivity contribution >= 4 is 12.0 Å². The average Bonchev–Trinajstić information content (AvgIpc) is 2.46. The molecule has 1 amide bonds. The molecule has 1 saturated heterocycles. The van der Waals surface area contributed by atoms with Crippen LogP contribution < -0.4 is 0 Å². The Labute approximate surface area is 124 Å². The summed E-state index contributed by atoms with van der Waals surface area (Å²) in [5.41, 5.74) is -0.780. The molecule has 0 spiro atoms. The van der Waals surface area contributed by atoms with Crippen LogP contribution in [-0.4, -0.2) is 30.1 Å². The Hall–Kier alpha value is -1.92. The van der Waals surface area contributed by atoms with E-state index in [-0.39, 0.29) is 31.5 Å². The van der Waals surface area contributed by atoms with E-state index in [2.05, 4.69) is 6.58 Å². The molecule has 2 nitrogen and oxygen atoms in total. The molecule has 0 aromatic heterocycles. The molecule has 0 bridgehead atoms. The maximum Gasteiger partial charge on any atom is 0.391 e. The number of amides is 1. The highest BCUT2D eigenvalue weighted by Crippen LogP contribution is 2.34. The highest BCUT2D eigenvalue weighted by molar-refractivity contribution is 5.95. The number of halogens is 5. The van der Waals surface area contributed by atoms with Crippen LogP contribution >= 0.6 is 0 Å². The number of likely N-dealkylation sites (tertiary alicyclic amines) is 1. The predicted octanol–water partition coefficient (Wildman–Crippen LogP) is 4.02. The molecule has 0 saturated carbocycles. The lowest BCUT2D eigenvalue weighted by Gasteiger charge is -2.33. The molecule has 0 unspecified atom stereocenters. The van der Waals surface area contributed by atoms with E-state index in [1.807, 2.05) is 0 Å². The third kappa shape index (κ3) is 3.13. The van der Waals surface area contributed by atoms with Crippen molar-refractivity contribution in [1.82, 2.24) is 4.90 Å². The van der Waals surface area contributed by atoms with Crippen LogP contribution in [0.1, 0.15) is 28.8 Å². The minimum absolute atomic E-state index is 0.0325. The van der Waals surface area contributed by atoms with Crippen LogP contribution in [0, 0.1) is 17.6 Å². The molecule has 1 aliphatic rings. The van der Waals surface area contributed by atoms with Gasteiger partial charge in [-0.25, -0.2) is 8.78 Å². The quantitative estimate of drug-likeness (QED) is 0.754. The molecule has 1 heterocycles. The van der Waals surface area contributed by atoms with Crippen LogP contribution in [-0.2, 0) is 0 Å². The number of alkyl halides is 3. The summed E-state index contributed by atoms with van der Waals surface area (Å²) in [5.74, 6) is -4.49. The number of carbonyl (C=O) groups excluding carboxylic acids is 1. The third-order valence-corrected chi connectivity index (χ3v) is 3.80. The number of rotatable bonds is 2. The summed E-state index contributed by atoms with van der Waals surface area (Å²) < 4.78 is 65.6. The lowest BCUT2D eigenvalue weighted by atomic mass is 9.95. The summed E-state index contributed by atoms with van der Waals surface area (Å²) in [6.07, 6.45) is -3.70. The Morgan fingerprint density at radius 3 is 2.32 bits per heavy atom. The maximum absolute atomic E-state index is 14.1. The largest absolute Gasteiger partial charge is 0.391 e. The molecule has 120 valence electrons. The molecule has 7 heteroatoms. The van der Waals surface area contributed by atoms with Gasteiger partial charge in [-0.05, 0) is 25.0 Å². The van der Waals surface area contributed by atoms with Gasteiger partial charge in [-0.3, -0.25) is 4.79 Å². The number of hydrogen-bond acceptors (Lipinski definition) is 1. The van der Waals surface area contributed by atoms with Crippen molar-refractivity contribution in [2.75, 3.05) is 13.1 Å². The number of carbonyl (C=O) groups is 1. The molecule has 2 rings (SSSR count). The monoisotopic (exact) mass is 319 g/mol. The van der Waals surface area contributed by atoms with Crippen molar-refractivity contribution in [2.45, 2.75) is 19.0 Å². The maximum atomic E-state index is 14.1. The summed E-state index contributed by atoms with van der Waals surface area (Å²) in [6.45, 7) is 3.00. The van der Waals surface area contributed by atoms with Gasteiger partial charge in [-0.2, -0.15) is 13.2 Å². The normalized spacial score (nSPS) is 16.7. The van der Waals surface area contributed by atoms with Gasteiger partial charge in [-0.1, -0.05) is 12.7 Å². The SMILES string of the molecule is C=Cc1ccc(F)c(C(=O)N2CCC(C(F)(F)F)CC2)c1F. The van der Waals surface area contributed by atoms with E-state index in [9.17, 15) is 26.7 Å². The van der Waals surface area contributed by atoms with E-state index in [1.165, 1.54) is 0 Å². The summed E-state index contributed by atoms with van der Waals surface area (Å²) in [6, 6.07) is 2.08. The van der Waals surface area contributed by atoms with Crippen molar-refractivity contribution < 1.29 is 26.7 Å². The Kier molecular flexibility index (Phi) is 4.53. The first-order valence-electron chi connectivity index (χ1n) is 6.72. The summed E-state index contributed by atoms with van der Waals surface area (Å²) in [5, 5.41) is 0. The van der Waals surface area contributed by atoms with Gasteiger partial charge >= 0.3 is 6.18 Å². The molecule has 1 aromatic carbocycles. The van der Waals surface area contributed by atoms with Gasteiger partial charge < -0.3 is 4.90 Å². The Morgan fingerprint density at radius 1 is 1.23 bits per heavy atom. The first kappa shape index (κ1) is 16.5. The van der Waals surface area contributed by atoms with Gasteiger partial charge in [0.05, 0.1) is 5.92 Å². The number of piperidine rings is 1. The zero-order valence-electron chi connectivity index (χ0n) is 11.6. The second kappa shape index (κ2) is 6.06. The van der Waals surface area contributed by atoms with Crippen molar-refractivity contribution in [1.29, 1.82) is 0 Å². The van der Waals surface area contributed by atoms with Gasteiger partial charge in [-0.15, -0.1) is 0 Å². The summed E-state index contributed by atoms with van der Waals surface area (Å²) in [7, 11) is 0. The topological polar surface area (TPSA) is 20.3 Å². The van der Waals surface area contributed by atoms with Gasteiger partial charge in [0.2, 0.25) is 0 Å². The fourth-order valence-electron chi connectivity index (χ4n) is 2.49. The highest BCUT2D eigenvalue weighted by atomic mass is 19.4. The van der Waals surface area contributed by atoms with Crippen LogP contribution in [0.25, 0.3) is 6.08 Å². The van der Waals surface area contributed by atoms with Gasteiger partial charge in [0.25, 0.3) is 5.91 Å². The van der Waals surface area contributed by atoms with Crippen molar-refractivity contribution in [2.24, 2.45) is 5.92 Å². The smallest absolute Gasteiger partial charge is 0.338 e. The van der Waals surface area contributed by atoms with Gasteiger partial charge in [0.1, 0.15) is 17.2 Å². The van der Waals surface area contributed by atoms with Gasteiger partial charge in [0, 0.05) is 18.7 Å². The van der Waals surface area contributed by atoms with E-state index in [0.29, 0.717) is 0 Å². The van der Waals surface area contributed by atoms with Crippen LogP contribution in [0.2, 0.25) is 0 Å². The number of nitrogens with zero attached hydrogens (tertiary/aromatic N) is 1. The molecular formula is C15H14F5NO. The average molecular weight is 319 g/mol. The molecular weight excluding hydrogens is 305 g/mol. The van der Waals surface area contributed by atoms with E-state index in [4.69, 9.17) is 0 Å². The van der Waals surface area contributed by atoms with Crippen LogP contribution in [0.4, 0.5) is 22.0 Å². The fraction of sp³-hybridized carbons (Fsp3) is 0.400.